The van der Waals surface area contributed by atoms with Gasteiger partial charge in [-0.2, -0.15) is 5.26 Å². The zero-order chi connectivity index (χ0) is 13.2. The van der Waals surface area contributed by atoms with Crippen LogP contribution in [0, 0.1) is 17.2 Å². The fourth-order valence-electron chi connectivity index (χ4n) is 2.92. The van der Waals surface area contributed by atoms with E-state index in [1.807, 2.05) is 6.07 Å². The van der Waals surface area contributed by atoms with Gasteiger partial charge < -0.3 is 4.90 Å². The Labute approximate surface area is 118 Å². The van der Waals surface area contributed by atoms with Crippen LogP contribution in [0.2, 0.25) is 0 Å². The van der Waals surface area contributed by atoms with Crippen molar-refractivity contribution in [2.75, 3.05) is 11.4 Å². The van der Waals surface area contributed by atoms with Crippen molar-refractivity contribution < 1.29 is 0 Å². The maximum absolute atomic E-state index is 8.98. The number of hydrogen-bond donors (Lipinski definition) is 0. The molecule has 0 amide bonds. The van der Waals surface area contributed by atoms with E-state index in [0.717, 1.165) is 23.9 Å². The van der Waals surface area contributed by atoms with E-state index in [2.05, 4.69) is 58.9 Å². The molecule has 3 heteroatoms. The Hall–Kier alpha value is -1.01. The third kappa shape index (κ3) is 2.40. The van der Waals surface area contributed by atoms with Gasteiger partial charge in [-0.15, -0.1) is 0 Å². The zero-order valence-electron chi connectivity index (χ0n) is 11.0. The second-order valence-corrected chi connectivity index (χ2v) is 6.31. The van der Waals surface area contributed by atoms with Crippen molar-refractivity contribution in [2.24, 2.45) is 5.92 Å². The quantitative estimate of drug-likeness (QED) is 0.812. The SMILES string of the molecule is CC1(C)C(CC#N)CCCN1c1ccccc1Br. The molecule has 2 nitrogen and oxygen atoms in total. The smallest absolute Gasteiger partial charge is 0.0625 e. The van der Waals surface area contributed by atoms with Gasteiger partial charge in [0.15, 0.2) is 0 Å². The van der Waals surface area contributed by atoms with Gasteiger partial charge in [0.2, 0.25) is 0 Å². The van der Waals surface area contributed by atoms with Crippen LogP contribution >= 0.6 is 15.9 Å². The average Bonchev–Trinajstić information content (AvgIpc) is 2.33. The van der Waals surface area contributed by atoms with Crippen LogP contribution in [0.15, 0.2) is 28.7 Å². The van der Waals surface area contributed by atoms with Crippen molar-refractivity contribution in [2.45, 2.75) is 38.6 Å². The van der Waals surface area contributed by atoms with Crippen LogP contribution in [0.5, 0.6) is 0 Å². The molecule has 1 fully saturated rings. The number of rotatable bonds is 2. The molecule has 1 aliphatic rings. The second kappa shape index (κ2) is 5.32. The van der Waals surface area contributed by atoms with Crippen molar-refractivity contribution in [3.05, 3.63) is 28.7 Å². The summed E-state index contributed by atoms with van der Waals surface area (Å²) in [6.45, 7) is 5.58. The molecular formula is C15H19BrN2. The molecule has 1 aliphatic heterocycles. The summed E-state index contributed by atoms with van der Waals surface area (Å²) in [5, 5.41) is 8.98. The molecule has 1 aromatic rings. The first-order valence-corrected chi connectivity index (χ1v) is 7.26. The fourth-order valence-corrected chi connectivity index (χ4v) is 3.42. The molecule has 1 saturated heterocycles. The molecule has 0 spiro atoms. The van der Waals surface area contributed by atoms with Gasteiger partial charge in [-0.05, 0) is 60.7 Å². The first-order chi connectivity index (χ1) is 8.57. The third-order valence-electron chi connectivity index (χ3n) is 4.11. The van der Waals surface area contributed by atoms with Gasteiger partial charge in [0.25, 0.3) is 0 Å². The number of anilines is 1. The summed E-state index contributed by atoms with van der Waals surface area (Å²) >= 11 is 3.64. The van der Waals surface area contributed by atoms with E-state index >= 15 is 0 Å². The molecule has 1 unspecified atom stereocenters. The lowest BCUT2D eigenvalue weighted by atomic mass is 9.77. The summed E-state index contributed by atoms with van der Waals surface area (Å²) in [4.78, 5) is 2.45. The minimum atomic E-state index is 0.0395. The summed E-state index contributed by atoms with van der Waals surface area (Å²) in [5.41, 5.74) is 1.28. The van der Waals surface area contributed by atoms with E-state index < -0.39 is 0 Å². The Morgan fingerprint density at radius 3 is 2.83 bits per heavy atom. The summed E-state index contributed by atoms with van der Waals surface area (Å²) in [5.74, 6) is 0.448. The van der Waals surface area contributed by atoms with Crippen LogP contribution in [-0.4, -0.2) is 12.1 Å². The summed E-state index contributed by atoms with van der Waals surface area (Å²) in [6.07, 6.45) is 2.96. The monoisotopic (exact) mass is 306 g/mol. The van der Waals surface area contributed by atoms with E-state index in [-0.39, 0.29) is 5.54 Å². The number of nitriles is 1. The highest BCUT2D eigenvalue weighted by atomic mass is 79.9. The molecule has 18 heavy (non-hydrogen) atoms. The van der Waals surface area contributed by atoms with Gasteiger partial charge in [0.1, 0.15) is 0 Å². The van der Waals surface area contributed by atoms with E-state index in [1.54, 1.807) is 0 Å². The minimum Gasteiger partial charge on any atom is -0.365 e. The van der Waals surface area contributed by atoms with Gasteiger partial charge in [-0.25, -0.2) is 0 Å². The Morgan fingerprint density at radius 1 is 1.44 bits per heavy atom. The number of nitrogens with zero attached hydrogens (tertiary/aromatic N) is 2. The largest absolute Gasteiger partial charge is 0.365 e. The topological polar surface area (TPSA) is 27.0 Å². The highest BCUT2D eigenvalue weighted by molar-refractivity contribution is 9.10. The van der Waals surface area contributed by atoms with Crippen LogP contribution in [0.3, 0.4) is 0 Å². The van der Waals surface area contributed by atoms with Gasteiger partial charge in [-0.3, -0.25) is 0 Å². The molecule has 1 heterocycles. The second-order valence-electron chi connectivity index (χ2n) is 5.46. The molecule has 0 radical (unpaired) electrons. The van der Waals surface area contributed by atoms with Crippen LogP contribution in [0.1, 0.15) is 33.1 Å². The molecule has 2 rings (SSSR count). The molecule has 0 aliphatic carbocycles. The highest BCUT2D eigenvalue weighted by Crippen LogP contribution is 2.40. The maximum Gasteiger partial charge on any atom is 0.0625 e. The Balaban J connectivity index is 2.33. The molecule has 0 bridgehead atoms. The first kappa shape index (κ1) is 13.4. The average molecular weight is 307 g/mol. The summed E-state index contributed by atoms with van der Waals surface area (Å²) in [6, 6.07) is 10.7. The van der Waals surface area contributed by atoms with Crippen molar-refractivity contribution in [1.82, 2.24) is 0 Å². The number of benzene rings is 1. The molecule has 0 aromatic heterocycles. The van der Waals surface area contributed by atoms with Gasteiger partial charge in [0.05, 0.1) is 11.8 Å². The first-order valence-electron chi connectivity index (χ1n) is 6.46. The van der Waals surface area contributed by atoms with Crippen molar-refractivity contribution in [3.63, 3.8) is 0 Å². The molecule has 96 valence electrons. The Kier molecular flexibility index (Phi) is 3.97. The van der Waals surface area contributed by atoms with Crippen molar-refractivity contribution in [3.8, 4) is 6.07 Å². The summed E-state index contributed by atoms with van der Waals surface area (Å²) < 4.78 is 1.13. The highest BCUT2D eigenvalue weighted by Gasteiger charge is 2.38. The molecular weight excluding hydrogens is 288 g/mol. The third-order valence-corrected chi connectivity index (χ3v) is 4.78. The molecule has 0 saturated carbocycles. The predicted octanol–water partition coefficient (Wildman–Crippen LogP) is 4.36. The van der Waals surface area contributed by atoms with E-state index in [1.165, 1.54) is 5.69 Å². The number of piperidine rings is 1. The lowest BCUT2D eigenvalue weighted by Gasteiger charge is -2.49. The molecule has 1 atom stereocenters. The van der Waals surface area contributed by atoms with Gasteiger partial charge in [-0.1, -0.05) is 12.1 Å². The number of hydrogen-bond acceptors (Lipinski definition) is 2. The predicted molar refractivity (Wildman–Crippen MR) is 78.5 cm³/mol. The zero-order valence-corrected chi connectivity index (χ0v) is 12.6. The van der Waals surface area contributed by atoms with Crippen LogP contribution in [0.25, 0.3) is 0 Å². The number of para-hydroxylation sites is 1. The van der Waals surface area contributed by atoms with E-state index in [4.69, 9.17) is 5.26 Å². The normalized spacial score (nSPS) is 22.6. The van der Waals surface area contributed by atoms with Crippen molar-refractivity contribution >= 4 is 21.6 Å². The Morgan fingerprint density at radius 2 is 2.17 bits per heavy atom. The van der Waals surface area contributed by atoms with Crippen LogP contribution in [0.4, 0.5) is 5.69 Å². The van der Waals surface area contributed by atoms with Gasteiger partial charge >= 0.3 is 0 Å². The van der Waals surface area contributed by atoms with Gasteiger partial charge in [0, 0.05) is 23.0 Å². The van der Waals surface area contributed by atoms with E-state index in [9.17, 15) is 0 Å². The maximum atomic E-state index is 8.98. The summed E-state index contributed by atoms with van der Waals surface area (Å²) in [7, 11) is 0. The van der Waals surface area contributed by atoms with Crippen LogP contribution < -0.4 is 4.90 Å². The molecule has 0 N–H and O–H groups in total. The Bertz CT molecular complexity index is 462. The van der Waals surface area contributed by atoms with Crippen LogP contribution in [-0.2, 0) is 0 Å². The van der Waals surface area contributed by atoms with Crippen molar-refractivity contribution in [1.29, 1.82) is 5.26 Å². The standard InChI is InChI=1S/C15H19BrN2/c1-15(2)12(9-10-17)6-5-11-18(15)14-8-4-3-7-13(14)16/h3-4,7-8,12H,5-6,9,11H2,1-2H3. The lowest BCUT2D eigenvalue weighted by molar-refractivity contribution is 0.241. The minimum absolute atomic E-state index is 0.0395. The lowest BCUT2D eigenvalue weighted by Crippen LogP contribution is -2.53. The number of halogens is 1. The van der Waals surface area contributed by atoms with E-state index in [0.29, 0.717) is 12.3 Å². The fraction of sp³-hybridized carbons (Fsp3) is 0.533. The molecule has 1 aromatic carbocycles.